The first-order chi connectivity index (χ1) is 10.2. The molecule has 5 heteroatoms. The van der Waals surface area contributed by atoms with E-state index in [-0.39, 0.29) is 12.2 Å². The number of ether oxygens (including phenoxy) is 1. The van der Waals surface area contributed by atoms with E-state index in [0.29, 0.717) is 24.7 Å². The van der Waals surface area contributed by atoms with Gasteiger partial charge in [0.15, 0.2) is 0 Å². The van der Waals surface area contributed by atoms with E-state index in [4.69, 9.17) is 4.74 Å². The Morgan fingerprint density at radius 2 is 1.86 bits per heavy atom. The number of piperidine rings is 1. The molecule has 2 heterocycles. The smallest absolute Gasteiger partial charge is 0.410 e. The molecule has 0 aromatic rings. The summed E-state index contributed by atoms with van der Waals surface area (Å²) in [6.07, 6.45) is 4.50. The lowest BCUT2D eigenvalue weighted by molar-refractivity contribution is -0.00588. The molecular formula is C17H32N2O3. The molecule has 0 spiro atoms. The Labute approximate surface area is 134 Å². The zero-order valence-corrected chi connectivity index (χ0v) is 14.7. The molecule has 2 aliphatic rings. The number of amides is 1. The van der Waals surface area contributed by atoms with E-state index in [1.807, 2.05) is 32.6 Å². The Bertz CT molecular complexity index is 380. The number of hydrogen-bond donors (Lipinski definition) is 1. The minimum atomic E-state index is -0.435. The van der Waals surface area contributed by atoms with Gasteiger partial charge in [-0.2, -0.15) is 0 Å². The second-order valence-electron chi connectivity index (χ2n) is 7.90. The van der Waals surface area contributed by atoms with Gasteiger partial charge in [0, 0.05) is 24.7 Å². The SMILES string of the molecule is CC[C@@H](O)CN(C)C1CC2CCC(C1)N2C(=O)OC(C)(C)C. The summed E-state index contributed by atoms with van der Waals surface area (Å²) in [7, 11) is 2.09. The van der Waals surface area contributed by atoms with E-state index in [2.05, 4.69) is 11.9 Å². The van der Waals surface area contributed by atoms with Crippen LogP contribution in [-0.2, 0) is 4.74 Å². The van der Waals surface area contributed by atoms with Crippen LogP contribution in [0.15, 0.2) is 0 Å². The van der Waals surface area contributed by atoms with Crippen LogP contribution in [0.2, 0.25) is 0 Å². The van der Waals surface area contributed by atoms with E-state index in [0.717, 1.165) is 32.1 Å². The molecule has 0 aliphatic carbocycles. The fraction of sp³-hybridized carbons (Fsp3) is 0.941. The molecule has 5 nitrogen and oxygen atoms in total. The van der Waals surface area contributed by atoms with Crippen LogP contribution in [-0.4, -0.2) is 64.4 Å². The van der Waals surface area contributed by atoms with Crippen molar-refractivity contribution in [1.82, 2.24) is 9.80 Å². The zero-order valence-electron chi connectivity index (χ0n) is 14.7. The van der Waals surface area contributed by atoms with Gasteiger partial charge in [-0.15, -0.1) is 0 Å². The molecule has 2 rings (SSSR count). The maximum Gasteiger partial charge on any atom is 0.410 e. The van der Waals surface area contributed by atoms with Gasteiger partial charge < -0.3 is 19.6 Å². The van der Waals surface area contributed by atoms with Gasteiger partial charge in [0.1, 0.15) is 5.60 Å². The van der Waals surface area contributed by atoms with E-state index in [1.165, 1.54) is 0 Å². The first-order valence-corrected chi connectivity index (χ1v) is 8.61. The standard InChI is InChI=1S/C17H32N2O3/c1-6-15(20)11-18(5)14-9-12-7-8-13(10-14)19(12)16(21)22-17(2,3)4/h12-15,20H,6-11H2,1-5H3/t12?,13?,14?,15-/m1/s1. The highest BCUT2D eigenvalue weighted by atomic mass is 16.6. The van der Waals surface area contributed by atoms with E-state index in [1.54, 1.807) is 0 Å². The summed E-state index contributed by atoms with van der Waals surface area (Å²) >= 11 is 0. The van der Waals surface area contributed by atoms with Crippen LogP contribution in [0, 0.1) is 0 Å². The van der Waals surface area contributed by atoms with Gasteiger partial charge in [-0.1, -0.05) is 6.92 Å². The minimum Gasteiger partial charge on any atom is -0.444 e. The van der Waals surface area contributed by atoms with Gasteiger partial charge in [0.05, 0.1) is 6.10 Å². The van der Waals surface area contributed by atoms with Crippen molar-refractivity contribution < 1.29 is 14.6 Å². The summed E-state index contributed by atoms with van der Waals surface area (Å²) in [4.78, 5) is 16.7. The third kappa shape index (κ3) is 4.13. The average molecular weight is 312 g/mol. The molecule has 128 valence electrons. The van der Waals surface area contributed by atoms with Crippen LogP contribution >= 0.6 is 0 Å². The Balaban J connectivity index is 1.95. The van der Waals surface area contributed by atoms with Gasteiger partial charge in [-0.25, -0.2) is 4.79 Å². The molecule has 22 heavy (non-hydrogen) atoms. The number of aliphatic hydroxyl groups excluding tert-OH is 1. The third-order valence-electron chi connectivity index (χ3n) is 4.91. The average Bonchev–Trinajstić information content (AvgIpc) is 2.67. The molecule has 3 atom stereocenters. The van der Waals surface area contributed by atoms with Crippen molar-refractivity contribution in [3.63, 3.8) is 0 Å². The Morgan fingerprint density at radius 1 is 1.32 bits per heavy atom. The lowest BCUT2D eigenvalue weighted by atomic mass is 9.96. The van der Waals surface area contributed by atoms with Crippen LogP contribution in [0.3, 0.4) is 0 Å². The normalized spacial score (nSPS) is 29.8. The maximum atomic E-state index is 12.4. The summed E-state index contributed by atoms with van der Waals surface area (Å²) in [5, 5.41) is 9.85. The lowest BCUT2D eigenvalue weighted by Gasteiger charge is -2.42. The van der Waals surface area contributed by atoms with Crippen molar-refractivity contribution in [2.24, 2.45) is 0 Å². The molecule has 2 unspecified atom stereocenters. The number of carbonyl (C=O) groups is 1. The molecule has 0 radical (unpaired) electrons. The first kappa shape index (κ1) is 17.5. The van der Waals surface area contributed by atoms with E-state index in [9.17, 15) is 9.90 Å². The molecule has 0 aromatic carbocycles. The summed E-state index contributed by atoms with van der Waals surface area (Å²) in [5.41, 5.74) is -0.435. The number of aliphatic hydroxyl groups is 1. The summed E-state index contributed by atoms with van der Waals surface area (Å²) in [5.74, 6) is 0. The van der Waals surface area contributed by atoms with Gasteiger partial charge in [-0.05, 0) is 59.9 Å². The summed E-state index contributed by atoms with van der Waals surface area (Å²) in [6, 6.07) is 1.04. The molecule has 2 aliphatic heterocycles. The highest BCUT2D eigenvalue weighted by Crippen LogP contribution is 2.38. The van der Waals surface area contributed by atoms with Crippen LogP contribution < -0.4 is 0 Å². The quantitative estimate of drug-likeness (QED) is 0.867. The Morgan fingerprint density at radius 3 is 2.32 bits per heavy atom. The fourth-order valence-corrected chi connectivity index (χ4v) is 3.73. The molecule has 2 bridgehead atoms. The highest BCUT2D eigenvalue weighted by Gasteiger charge is 2.45. The monoisotopic (exact) mass is 312 g/mol. The molecular weight excluding hydrogens is 280 g/mol. The van der Waals surface area contributed by atoms with E-state index < -0.39 is 5.60 Å². The second-order valence-corrected chi connectivity index (χ2v) is 7.90. The number of carbonyl (C=O) groups excluding carboxylic acids is 1. The molecule has 1 amide bonds. The van der Waals surface area contributed by atoms with Crippen LogP contribution in [0.4, 0.5) is 4.79 Å². The molecule has 2 fully saturated rings. The topological polar surface area (TPSA) is 53.0 Å². The fourth-order valence-electron chi connectivity index (χ4n) is 3.73. The van der Waals surface area contributed by atoms with Gasteiger partial charge in [-0.3, -0.25) is 0 Å². The minimum absolute atomic E-state index is 0.158. The predicted molar refractivity (Wildman–Crippen MR) is 86.8 cm³/mol. The van der Waals surface area contributed by atoms with Crippen molar-refractivity contribution in [1.29, 1.82) is 0 Å². The first-order valence-electron chi connectivity index (χ1n) is 8.61. The van der Waals surface area contributed by atoms with Crippen LogP contribution in [0.1, 0.15) is 59.8 Å². The van der Waals surface area contributed by atoms with Gasteiger partial charge in [0.2, 0.25) is 0 Å². The Hall–Kier alpha value is -0.810. The van der Waals surface area contributed by atoms with Crippen molar-refractivity contribution in [2.75, 3.05) is 13.6 Å². The van der Waals surface area contributed by atoms with Gasteiger partial charge >= 0.3 is 6.09 Å². The molecule has 0 saturated carbocycles. The summed E-state index contributed by atoms with van der Waals surface area (Å²) < 4.78 is 5.57. The maximum absolute atomic E-state index is 12.4. The van der Waals surface area contributed by atoms with Crippen LogP contribution in [0.25, 0.3) is 0 Å². The molecule has 2 saturated heterocycles. The number of likely N-dealkylation sites (N-methyl/N-ethyl adjacent to an activating group) is 1. The molecule has 1 N–H and O–H groups in total. The van der Waals surface area contributed by atoms with Crippen molar-refractivity contribution in [2.45, 2.75) is 89.6 Å². The van der Waals surface area contributed by atoms with Crippen molar-refractivity contribution in [3.8, 4) is 0 Å². The number of fused-ring (bicyclic) bond motifs is 2. The predicted octanol–water partition coefficient (Wildman–Crippen LogP) is 2.62. The number of rotatable bonds is 4. The lowest BCUT2D eigenvalue weighted by Crippen LogP contribution is -2.53. The Kier molecular flexibility index (Phi) is 5.38. The van der Waals surface area contributed by atoms with E-state index >= 15 is 0 Å². The van der Waals surface area contributed by atoms with Gasteiger partial charge in [0.25, 0.3) is 0 Å². The second kappa shape index (κ2) is 6.75. The summed E-state index contributed by atoms with van der Waals surface area (Å²) in [6.45, 7) is 8.47. The number of hydrogen-bond acceptors (Lipinski definition) is 4. The van der Waals surface area contributed by atoms with Crippen molar-refractivity contribution in [3.05, 3.63) is 0 Å². The number of nitrogens with zero attached hydrogens (tertiary/aromatic N) is 2. The largest absolute Gasteiger partial charge is 0.444 e. The zero-order chi connectivity index (χ0) is 16.5. The van der Waals surface area contributed by atoms with Crippen LogP contribution in [0.5, 0.6) is 0 Å². The highest BCUT2D eigenvalue weighted by molar-refractivity contribution is 5.69. The van der Waals surface area contributed by atoms with Crippen molar-refractivity contribution >= 4 is 6.09 Å². The molecule has 0 aromatic heterocycles. The third-order valence-corrected chi connectivity index (χ3v) is 4.91.